The predicted molar refractivity (Wildman–Crippen MR) is 64.5 cm³/mol. The zero-order chi connectivity index (χ0) is 13.9. The van der Waals surface area contributed by atoms with Crippen LogP contribution in [-0.2, 0) is 4.74 Å². The molecule has 0 saturated carbocycles. The summed E-state index contributed by atoms with van der Waals surface area (Å²) in [5.41, 5.74) is 0.352. The molecule has 0 unspecified atom stereocenters. The van der Waals surface area contributed by atoms with Crippen LogP contribution in [0.3, 0.4) is 0 Å². The average Bonchev–Trinajstić information content (AvgIpc) is 3.10. The van der Waals surface area contributed by atoms with Gasteiger partial charge in [-0.25, -0.2) is 0 Å². The highest BCUT2D eigenvalue weighted by molar-refractivity contribution is 5.62. The molecule has 2 heterocycles. The van der Waals surface area contributed by atoms with Gasteiger partial charge in [-0.1, -0.05) is 17.3 Å². The maximum atomic E-state index is 12.4. The summed E-state index contributed by atoms with van der Waals surface area (Å²) < 4.78 is 39.6. The van der Waals surface area contributed by atoms with Gasteiger partial charge in [0.1, 0.15) is 5.75 Å². The molecule has 1 atom stereocenters. The van der Waals surface area contributed by atoms with E-state index in [0.29, 0.717) is 24.6 Å². The molecule has 3 rings (SSSR count). The lowest BCUT2D eigenvalue weighted by molar-refractivity contribution is -0.0495. The van der Waals surface area contributed by atoms with Crippen LogP contribution in [0, 0.1) is 0 Å². The molecule has 1 aliphatic rings. The average molecular weight is 282 g/mol. The van der Waals surface area contributed by atoms with Gasteiger partial charge in [-0.2, -0.15) is 13.8 Å². The Labute approximate surface area is 113 Å². The van der Waals surface area contributed by atoms with Gasteiger partial charge in [0.2, 0.25) is 0 Å². The zero-order valence-electron chi connectivity index (χ0n) is 10.5. The maximum absolute atomic E-state index is 12.4. The lowest BCUT2D eigenvalue weighted by Crippen LogP contribution is -2.03. The number of aromatic nitrogens is 2. The molecule has 20 heavy (non-hydrogen) atoms. The number of hydrogen-bond donors (Lipinski definition) is 0. The van der Waals surface area contributed by atoms with Crippen molar-refractivity contribution < 1.29 is 22.8 Å². The molecule has 1 aliphatic heterocycles. The molecule has 0 N–H and O–H groups in total. The van der Waals surface area contributed by atoms with Crippen molar-refractivity contribution >= 4 is 0 Å². The first kappa shape index (κ1) is 13.0. The van der Waals surface area contributed by atoms with Crippen molar-refractivity contribution in [2.45, 2.75) is 19.0 Å². The minimum Gasteiger partial charge on any atom is -0.434 e. The Balaban J connectivity index is 1.89. The fraction of sp³-hybridized carbons (Fsp3) is 0.385. The summed E-state index contributed by atoms with van der Waals surface area (Å²) in [4.78, 5) is 4.25. The largest absolute Gasteiger partial charge is 0.434 e. The van der Waals surface area contributed by atoms with Crippen LogP contribution in [0.5, 0.6) is 5.75 Å². The second-order valence-electron chi connectivity index (χ2n) is 4.39. The fourth-order valence-corrected chi connectivity index (χ4v) is 2.09. The number of halogens is 2. The molecule has 0 spiro atoms. The van der Waals surface area contributed by atoms with E-state index in [4.69, 9.17) is 9.26 Å². The summed E-state index contributed by atoms with van der Waals surface area (Å²) in [7, 11) is 0. The molecule has 0 radical (unpaired) electrons. The number of ether oxygens (including phenoxy) is 2. The fourth-order valence-electron chi connectivity index (χ4n) is 2.09. The summed E-state index contributed by atoms with van der Waals surface area (Å²) in [5, 5.41) is 3.89. The molecule has 1 saturated heterocycles. The van der Waals surface area contributed by atoms with Gasteiger partial charge in [-0.15, -0.1) is 0 Å². The van der Waals surface area contributed by atoms with Crippen LogP contribution in [0.25, 0.3) is 11.5 Å². The Bertz CT molecular complexity index is 583. The number of hydrogen-bond acceptors (Lipinski definition) is 5. The minimum atomic E-state index is -2.90. The first-order valence-electron chi connectivity index (χ1n) is 6.19. The summed E-state index contributed by atoms with van der Waals surface area (Å²) >= 11 is 0. The summed E-state index contributed by atoms with van der Waals surface area (Å²) in [6, 6.07) is 6.32. The van der Waals surface area contributed by atoms with Crippen molar-refractivity contribution in [2.75, 3.05) is 13.2 Å². The molecule has 1 aromatic heterocycles. The van der Waals surface area contributed by atoms with Crippen LogP contribution in [0.4, 0.5) is 8.78 Å². The number of alkyl halides is 2. The third-order valence-electron chi connectivity index (χ3n) is 3.07. The van der Waals surface area contributed by atoms with Gasteiger partial charge in [0, 0.05) is 12.5 Å². The first-order valence-corrected chi connectivity index (χ1v) is 6.19. The van der Waals surface area contributed by atoms with E-state index >= 15 is 0 Å². The van der Waals surface area contributed by atoms with E-state index in [2.05, 4.69) is 14.9 Å². The molecule has 1 aromatic carbocycles. The van der Waals surface area contributed by atoms with Gasteiger partial charge in [0.05, 0.1) is 12.2 Å². The monoisotopic (exact) mass is 282 g/mol. The van der Waals surface area contributed by atoms with Gasteiger partial charge in [-0.05, 0) is 18.6 Å². The smallest absolute Gasteiger partial charge is 0.387 e. The molecule has 0 aliphatic carbocycles. The third-order valence-corrected chi connectivity index (χ3v) is 3.07. The van der Waals surface area contributed by atoms with Crippen molar-refractivity contribution in [3.05, 3.63) is 30.1 Å². The standard InChI is InChI=1S/C13H12F2N2O3/c14-13(15)19-10-4-2-1-3-9(10)12-16-11(17-20-12)8-5-6-18-7-8/h1-4,8,13H,5-7H2/t8-/m0/s1. The lowest BCUT2D eigenvalue weighted by atomic mass is 10.1. The van der Waals surface area contributed by atoms with Gasteiger partial charge >= 0.3 is 6.61 Å². The van der Waals surface area contributed by atoms with E-state index in [1.807, 2.05) is 0 Å². The molecule has 1 fully saturated rings. The quantitative estimate of drug-likeness (QED) is 0.863. The molecule has 2 aromatic rings. The number of para-hydroxylation sites is 1. The van der Waals surface area contributed by atoms with Gasteiger partial charge in [0.25, 0.3) is 5.89 Å². The molecule has 0 bridgehead atoms. The minimum absolute atomic E-state index is 0.0142. The van der Waals surface area contributed by atoms with E-state index in [1.54, 1.807) is 18.2 Å². The lowest BCUT2D eigenvalue weighted by Gasteiger charge is -2.07. The van der Waals surface area contributed by atoms with Crippen LogP contribution < -0.4 is 4.74 Å². The van der Waals surface area contributed by atoms with Gasteiger partial charge < -0.3 is 14.0 Å². The molecule has 0 amide bonds. The molecule has 5 nitrogen and oxygen atoms in total. The maximum Gasteiger partial charge on any atom is 0.387 e. The van der Waals surface area contributed by atoms with E-state index in [9.17, 15) is 8.78 Å². The topological polar surface area (TPSA) is 57.4 Å². The SMILES string of the molecule is FC(F)Oc1ccccc1-c1nc([C@H]2CCOC2)no1. The van der Waals surface area contributed by atoms with Crippen LogP contribution >= 0.6 is 0 Å². The highest BCUT2D eigenvalue weighted by atomic mass is 19.3. The van der Waals surface area contributed by atoms with E-state index in [1.165, 1.54) is 6.07 Å². The Morgan fingerprint density at radius 1 is 1.30 bits per heavy atom. The molecule has 7 heteroatoms. The Kier molecular flexibility index (Phi) is 3.60. The van der Waals surface area contributed by atoms with E-state index in [0.717, 1.165) is 6.42 Å². The number of benzene rings is 1. The van der Waals surface area contributed by atoms with Crippen molar-refractivity contribution in [3.8, 4) is 17.2 Å². The Hall–Kier alpha value is -2.02. The second kappa shape index (κ2) is 5.54. The van der Waals surface area contributed by atoms with Crippen molar-refractivity contribution in [1.29, 1.82) is 0 Å². The van der Waals surface area contributed by atoms with E-state index < -0.39 is 6.61 Å². The second-order valence-corrected chi connectivity index (χ2v) is 4.39. The molecule has 106 valence electrons. The summed E-state index contributed by atoms with van der Waals surface area (Å²) in [6.45, 7) is -1.69. The molecular weight excluding hydrogens is 270 g/mol. The van der Waals surface area contributed by atoms with Crippen molar-refractivity contribution in [1.82, 2.24) is 10.1 Å². The van der Waals surface area contributed by atoms with E-state index in [-0.39, 0.29) is 17.6 Å². The van der Waals surface area contributed by atoms with Crippen LogP contribution in [-0.4, -0.2) is 30.0 Å². The Morgan fingerprint density at radius 3 is 2.90 bits per heavy atom. The van der Waals surface area contributed by atoms with Gasteiger partial charge in [-0.3, -0.25) is 0 Å². The summed E-state index contributed by atoms with van der Waals surface area (Å²) in [5.74, 6) is 0.809. The first-order chi connectivity index (χ1) is 9.74. The highest BCUT2D eigenvalue weighted by Gasteiger charge is 2.24. The van der Waals surface area contributed by atoms with Crippen LogP contribution in [0.2, 0.25) is 0 Å². The van der Waals surface area contributed by atoms with Crippen LogP contribution in [0.15, 0.2) is 28.8 Å². The number of nitrogens with zero attached hydrogens (tertiary/aromatic N) is 2. The normalized spacial score (nSPS) is 18.6. The predicted octanol–water partition coefficient (Wildman–Crippen LogP) is 2.84. The summed E-state index contributed by atoms with van der Waals surface area (Å²) in [6.07, 6.45) is 0.828. The highest BCUT2D eigenvalue weighted by Crippen LogP contribution is 2.31. The zero-order valence-corrected chi connectivity index (χ0v) is 10.5. The van der Waals surface area contributed by atoms with Crippen molar-refractivity contribution in [2.24, 2.45) is 0 Å². The van der Waals surface area contributed by atoms with Gasteiger partial charge in [0.15, 0.2) is 5.82 Å². The number of rotatable bonds is 4. The van der Waals surface area contributed by atoms with Crippen molar-refractivity contribution in [3.63, 3.8) is 0 Å². The molecular formula is C13H12F2N2O3. The van der Waals surface area contributed by atoms with Crippen LogP contribution in [0.1, 0.15) is 18.2 Å². The Morgan fingerprint density at radius 2 is 2.15 bits per heavy atom. The third kappa shape index (κ3) is 2.62.